The summed E-state index contributed by atoms with van der Waals surface area (Å²) in [6.45, 7) is 0. The summed E-state index contributed by atoms with van der Waals surface area (Å²) in [6.07, 6.45) is 6.87. The van der Waals surface area contributed by atoms with Crippen LogP contribution in [0.4, 0.5) is 5.82 Å². The summed E-state index contributed by atoms with van der Waals surface area (Å²) in [5.41, 5.74) is 4.96. The number of halogens is 1. The Bertz CT molecular complexity index is 1100. The quantitative estimate of drug-likeness (QED) is 0.461. The van der Waals surface area contributed by atoms with Crippen LogP contribution in [0.2, 0.25) is 5.02 Å². The Morgan fingerprint density at radius 3 is 2.43 bits per heavy atom. The molecule has 4 nitrogen and oxygen atoms in total. The average molecular weight is 389 g/mol. The summed E-state index contributed by atoms with van der Waals surface area (Å²) < 4.78 is 1.93. The van der Waals surface area contributed by atoms with E-state index in [0.717, 1.165) is 38.9 Å². The summed E-state index contributed by atoms with van der Waals surface area (Å²) in [6, 6.07) is 20.7. The molecule has 2 heterocycles. The van der Waals surface area contributed by atoms with Crippen molar-refractivity contribution in [1.82, 2.24) is 14.6 Å². The van der Waals surface area contributed by atoms with Crippen LogP contribution in [0.3, 0.4) is 0 Å². The predicted molar refractivity (Wildman–Crippen MR) is 115 cm³/mol. The topological polar surface area (TPSA) is 42.2 Å². The lowest BCUT2D eigenvalue weighted by atomic mass is 10.1. The second-order valence-electron chi connectivity index (χ2n) is 7.32. The van der Waals surface area contributed by atoms with Gasteiger partial charge in [-0.2, -0.15) is 9.61 Å². The second kappa shape index (κ2) is 7.28. The summed E-state index contributed by atoms with van der Waals surface area (Å²) in [4.78, 5) is 4.97. The molecule has 0 bridgehead atoms. The highest BCUT2D eigenvalue weighted by molar-refractivity contribution is 6.30. The number of hydrogen-bond acceptors (Lipinski definition) is 3. The maximum absolute atomic E-state index is 6.07. The van der Waals surface area contributed by atoms with Crippen molar-refractivity contribution < 1.29 is 0 Å². The van der Waals surface area contributed by atoms with Gasteiger partial charge in [-0.1, -0.05) is 66.9 Å². The first kappa shape index (κ1) is 17.3. The summed E-state index contributed by atoms with van der Waals surface area (Å²) in [5.74, 6) is 0.996. The molecule has 140 valence electrons. The van der Waals surface area contributed by atoms with Crippen molar-refractivity contribution in [3.63, 3.8) is 0 Å². The van der Waals surface area contributed by atoms with Crippen LogP contribution in [-0.4, -0.2) is 20.6 Å². The molecule has 0 unspecified atom stereocenters. The predicted octanol–water partition coefficient (Wildman–Crippen LogP) is 6.07. The Labute approximate surface area is 169 Å². The third kappa shape index (κ3) is 3.25. The molecular formula is C23H21ClN4. The standard InChI is InChI=1S/C23H21ClN4/c24-18-12-10-16(11-13-18)20-15-25-28-22(26-19-8-4-5-9-19)14-21(27-23(20)28)17-6-2-1-3-7-17/h1-3,6-7,10-15,19,26H,4-5,8-9H2. The van der Waals surface area contributed by atoms with E-state index < -0.39 is 0 Å². The van der Waals surface area contributed by atoms with Crippen molar-refractivity contribution in [2.24, 2.45) is 0 Å². The van der Waals surface area contributed by atoms with E-state index in [4.69, 9.17) is 16.6 Å². The maximum Gasteiger partial charge on any atom is 0.165 e. The number of fused-ring (bicyclic) bond motifs is 1. The van der Waals surface area contributed by atoms with Gasteiger partial charge < -0.3 is 5.32 Å². The van der Waals surface area contributed by atoms with E-state index in [1.165, 1.54) is 25.7 Å². The normalized spacial score (nSPS) is 14.6. The molecule has 2 aromatic heterocycles. The molecule has 5 heteroatoms. The fourth-order valence-corrected chi connectivity index (χ4v) is 4.06. The van der Waals surface area contributed by atoms with Gasteiger partial charge in [0.1, 0.15) is 5.82 Å². The number of benzene rings is 2. The first-order chi connectivity index (χ1) is 13.8. The fraction of sp³-hybridized carbons (Fsp3) is 0.217. The monoisotopic (exact) mass is 388 g/mol. The molecule has 5 rings (SSSR count). The third-order valence-electron chi connectivity index (χ3n) is 5.40. The van der Waals surface area contributed by atoms with Gasteiger partial charge in [0.15, 0.2) is 5.65 Å². The Hall–Kier alpha value is -2.85. The molecule has 1 N–H and O–H groups in total. The van der Waals surface area contributed by atoms with Crippen LogP contribution in [0.25, 0.3) is 28.0 Å². The summed E-state index contributed by atoms with van der Waals surface area (Å²) in [5, 5.41) is 9.08. The van der Waals surface area contributed by atoms with Gasteiger partial charge in [0.2, 0.25) is 0 Å². The van der Waals surface area contributed by atoms with E-state index in [0.29, 0.717) is 6.04 Å². The molecule has 0 aliphatic heterocycles. The Kier molecular flexibility index (Phi) is 4.49. The smallest absolute Gasteiger partial charge is 0.165 e. The van der Waals surface area contributed by atoms with Gasteiger partial charge >= 0.3 is 0 Å². The van der Waals surface area contributed by atoms with E-state index in [1.807, 2.05) is 53.2 Å². The Morgan fingerprint density at radius 1 is 0.929 bits per heavy atom. The number of anilines is 1. The molecule has 0 amide bonds. The minimum atomic E-state index is 0.498. The van der Waals surface area contributed by atoms with Crippen LogP contribution in [-0.2, 0) is 0 Å². The van der Waals surface area contributed by atoms with Gasteiger partial charge in [-0.3, -0.25) is 0 Å². The molecule has 2 aromatic carbocycles. The van der Waals surface area contributed by atoms with E-state index in [-0.39, 0.29) is 0 Å². The van der Waals surface area contributed by atoms with Crippen LogP contribution < -0.4 is 5.32 Å². The zero-order valence-electron chi connectivity index (χ0n) is 15.5. The van der Waals surface area contributed by atoms with Gasteiger partial charge in [-0.15, -0.1) is 0 Å². The molecule has 28 heavy (non-hydrogen) atoms. The van der Waals surface area contributed by atoms with E-state index in [9.17, 15) is 0 Å². The minimum Gasteiger partial charge on any atom is -0.367 e. The van der Waals surface area contributed by atoms with Crippen LogP contribution in [0.1, 0.15) is 25.7 Å². The number of nitrogens with zero attached hydrogens (tertiary/aromatic N) is 3. The second-order valence-corrected chi connectivity index (χ2v) is 7.76. The van der Waals surface area contributed by atoms with Crippen molar-refractivity contribution in [3.8, 4) is 22.4 Å². The molecular weight excluding hydrogens is 368 g/mol. The van der Waals surface area contributed by atoms with Crippen molar-refractivity contribution in [2.75, 3.05) is 5.32 Å². The van der Waals surface area contributed by atoms with Gasteiger partial charge in [0, 0.05) is 28.3 Å². The van der Waals surface area contributed by atoms with Crippen LogP contribution in [0.5, 0.6) is 0 Å². The molecule has 0 atom stereocenters. The largest absolute Gasteiger partial charge is 0.367 e. The van der Waals surface area contributed by atoms with Gasteiger partial charge in [-0.05, 0) is 30.5 Å². The van der Waals surface area contributed by atoms with Gasteiger partial charge in [0.05, 0.1) is 11.9 Å². The zero-order chi connectivity index (χ0) is 18.9. The molecule has 1 saturated carbocycles. The summed E-state index contributed by atoms with van der Waals surface area (Å²) in [7, 11) is 0. The summed E-state index contributed by atoms with van der Waals surface area (Å²) >= 11 is 6.07. The highest BCUT2D eigenvalue weighted by atomic mass is 35.5. The van der Waals surface area contributed by atoms with Crippen LogP contribution >= 0.6 is 11.6 Å². The lowest BCUT2D eigenvalue weighted by Crippen LogP contribution is -2.17. The third-order valence-corrected chi connectivity index (χ3v) is 5.66. The first-order valence-electron chi connectivity index (χ1n) is 9.74. The van der Waals surface area contributed by atoms with Crippen molar-refractivity contribution in [3.05, 3.63) is 71.9 Å². The average Bonchev–Trinajstić information content (AvgIpc) is 3.39. The van der Waals surface area contributed by atoms with Crippen molar-refractivity contribution in [2.45, 2.75) is 31.7 Å². The number of aromatic nitrogens is 3. The van der Waals surface area contributed by atoms with E-state index in [2.05, 4.69) is 28.6 Å². The maximum atomic E-state index is 6.07. The Balaban J connectivity index is 1.67. The first-order valence-corrected chi connectivity index (χ1v) is 10.1. The number of hydrogen-bond donors (Lipinski definition) is 1. The molecule has 4 aromatic rings. The van der Waals surface area contributed by atoms with E-state index >= 15 is 0 Å². The lowest BCUT2D eigenvalue weighted by molar-refractivity contribution is 0.740. The molecule has 1 aliphatic rings. The van der Waals surface area contributed by atoms with Gasteiger partial charge in [0.25, 0.3) is 0 Å². The number of nitrogens with one attached hydrogen (secondary N) is 1. The number of rotatable bonds is 4. The molecule has 0 radical (unpaired) electrons. The highest BCUT2D eigenvalue weighted by Crippen LogP contribution is 2.31. The van der Waals surface area contributed by atoms with Crippen LogP contribution in [0.15, 0.2) is 66.9 Å². The van der Waals surface area contributed by atoms with Crippen molar-refractivity contribution in [1.29, 1.82) is 0 Å². The fourth-order valence-electron chi connectivity index (χ4n) is 3.93. The molecule has 1 fully saturated rings. The van der Waals surface area contributed by atoms with Crippen LogP contribution in [0, 0.1) is 0 Å². The highest BCUT2D eigenvalue weighted by Gasteiger charge is 2.19. The molecule has 0 spiro atoms. The SMILES string of the molecule is Clc1ccc(-c2cnn3c(NC4CCCC4)cc(-c4ccccc4)nc23)cc1. The Morgan fingerprint density at radius 2 is 1.68 bits per heavy atom. The molecule has 1 aliphatic carbocycles. The minimum absolute atomic E-state index is 0.498. The molecule has 0 saturated heterocycles. The van der Waals surface area contributed by atoms with E-state index in [1.54, 1.807) is 0 Å². The van der Waals surface area contributed by atoms with Gasteiger partial charge in [-0.25, -0.2) is 4.98 Å². The lowest BCUT2D eigenvalue weighted by Gasteiger charge is -2.16. The van der Waals surface area contributed by atoms with Crippen molar-refractivity contribution >= 4 is 23.1 Å². The zero-order valence-corrected chi connectivity index (χ0v) is 16.2.